The van der Waals surface area contributed by atoms with Crippen LogP contribution < -0.4 is 10.1 Å². The molecule has 0 unspecified atom stereocenters. The minimum Gasteiger partial charge on any atom is -0.496 e. The summed E-state index contributed by atoms with van der Waals surface area (Å²) in [5.74, 6) is 1.20. The van der Waals surface area contributed by atoms with Crippen molar-refractivity contribution in [2.45, 2.75) is 56.8 Å². The molecule has 41 heavy (non-hydrogen) atoms. The van der Waals surface area contributed by atoms with Gasteiger partial charge in [0.15, 0.2) is 0 Å². The number of halogens is 3. The zero-order valence-corrected chi connectivity index (χ0v) is 23.6. The van der Waals surface area contributed by atoms with Gasteiger partial charge in [-0.1, -0.05) is 12.1 Å². The number of carbonyl (C=O) groups is 1. The Hall–Kier alpha value is -3.18. The van der Waals surface area contributed by atoms with Crippen molar-refractivity contribution in [1.82, 2.24) is 24.7 Å². The second kappa shape index (κ2) is 11.2. The van der Waals surface area contributed by atoms with E-state index >= 15 is 0 Å². The molecule has 1 amide bonds. The van der Waals surface area contributed by atoms with Crippen molar-refractivity contribution in [1.29, 1.82) is 0 Å². The topological polar surface area (TPSA) is 73.8 Å². The number of likely N-dealkylation sites (tertiary alicyclic amines) is 1. The molecule has 3 fully saturated rings. The summed E-state index contributed by atoms with van der Waals surface area (Å²) in [6.45, 7) is 5.80. The number of rotatable bonds is 7. The number of alkyl halides is 3. The highest BCUT2D eigenvalue weighted by molar-refractivity contribution is 5.95. The first-order valence-corrected chi connectivity index (χ1v) is 14.5. The molecular weight excluding hydrogens is 533 g/mol. The average Bonchev–Trinajstić information content (AvgIpc) is 3.67. The molecule has 2 aliphatic carbocycles. The number of methoxy groups -OCH3 is 1. The third kappa shape index (κ3) is 6.06. The first-order chi connectivity index (χ1) is 19.7. The van der Waals surface area contributed by atoms with Crippen LogP contribution in [-0.4, -0.2) is 102 Å². The standard InChI is InChI=1S/C30H37F3N6O2/c1-37-13-15-38(16-14-37)22-9-11-39(12-10-22)29(40)20-4-3-19(25(17-20)41-2)18-26-35-24-8-7-23(30(31,32)33)27(24)28(36-26)34-21-5-6-21/h3-4,7,17,21-22H,5-6,8-16,18H2,1-2H3,(H,34,35,36). The van der Waals surface area contributed by atoms with Crippen LogP contribution in [0.5, 0.6) is 5.75 Å². The van der Waals surface area contributed by atoms with Gasteiger partial charge in [-0.3, -0.25) is 9.69 Å². The second-order valence-electron chi connectivity index (χ2n) is 11.6. The average molecular weight is 571 g/mol. The maximum Gasteiger partial charge on any atom is 0.416 e. The number of hydrogen-bond donors (Lipinski definition) is 1. The molecule has 220 valence electrons. The van der Waals surface area contributed by atoms with E-state index in [1.165, 1.54) is 6.08 Å². The third-order valence-electron chi connectivity index (χ3n) is 8.71. The van der Waals surface area contributed by atoms with E-state index in [0.717, 1.165) is 70.5 Å². The van der Waals surface area contributed by atoms with Gasteiger partial charge < -0.3 is 19.9 Å². The molecule has 6 rings (SSSR count). The van der Waals surface area contributed by atoms with Crippen LogP contribution in [0.2, 0.25) is 0 Å². The first-order valence-electron chi connectivity index (χ1n) is 14.5. The first kappa shape index (κ1) is 28.0. The van der Waals surface area contributed by atoms with Crippen LogP contribution in [-0.2, 0) is 12.8 Å². The Bertz CT molecular complexity index is 1330. The predicted octanol–water partition coefficient (Wildman–Crippen LogP) is 4.00. The number of allylic oxidation sites excluding steroid dienone is 2. The number of likely N-dealkylation sites (N-methyl/N-ethyl adjacent to an activating group) is 1. The summed E-state index contributed by atoms with van der Waals surface area (Å²) in [6.07, 6.45) is 0.909. The maximum absolute atomic E-state index is 13.7. The van der Waals surface area contributed by atoms with Crippen molar-refractivity contribution >= 4 is 17.3 Å². The molecule has 1 saturated carbocycles. The molecule has 0 radical (unpaired) electrons. The van der Waals surface area contributed by atoms with Gasteiger partial charge in [0, 0.05) is 75.3 Å². The summed E-state index contributed by atoms with van der Waals surface area (Å²) in [5.41, 5.74) is 1.12. The van der Waals surface area contributed by atoms with Crippen molar-refractivity contribution in [2.75, 3.05) is 58.7 Å². The molecule has 0 atom stereocenters. The van der Waals surface area contributed by atoms with Gasteiger partial charge >= 0.3 is 6.18 Å². The molecule has 1 N–H and O–H groups in total. The number of benzene rings is 1. The smallest absolute Gasteiger partial charge is 0.416 e. The number of anilines is 1. The fourth-order valence-corrected chi connectivity index (χ4v) is 6.15. The number of fused-ring (bicyclic) bond motifs is 1. The lowest BCUT2D eigenvalue weighted by molar-refractivity contribution is -0.0687. The van der Waals surface area contributed by atoms with Crippen LogP contribution >= 0.6 is 0 Å². The third-order valence-corrected chi connectivity index (χ3v) is 8.71. The van der Waals surface area contributed by atoms with E-state index in [-0.39, 0.29) is 36.2 Å². The fraction of sp³-hybridized carbons (Fsp3) is 0.567. The van der Waals surface area contributed by atoms with Crippen molar-refractivity contribution in [2.24, 2.45) is 0 Å². The largest absolute Gasteiger partial charge is 0.496 e. The molecular formula is C30H37F3N6O2. The monoisotopic (exact) mass is 570 g/mol. The summed E-state index contributed by atoms with van der Waals surface area (Å²) >= 11 is 0. The Morgan fingerprint density at radius 3 is 2.44 bits per heavy atom. The molecule has 2 aromatic rings. The van der Waals surface area contributed by atoms with Crippen LogP contribution in [0.4, 0.5) is 19.0 Å². The fourth-order valence-electron chi connectivity index (χ4n) is 6.15. The van der Waals surface area contributed by atoms with Crippen LogP contribution in [0.15, 0.2) is 24.3 Å². The Kier molecular flexibility index (Phi) is 7.67. The number of nitrogens with one attached hydrogen (secondary N) is 1. The van der Waals surface area contributed by atoms with Gasteiger partial charge in [-0.2, -0.15) is 13.2 Å². The normalized spacial score (nSPS) is 20.6. The van der Waals surface area contributed by atoms with Crippen LogP contribution in [0.1, 0.15) is 58.7 Å². The molecule has 1 aromatic heterocycles. The van der Waals surface area contributed by atoms with E-state index in [1.54, 1.807) is 19.2 Å². The highest BCUT2D eigenvalue weighted by Crippen LogP contribution is 2.43. The zero-order chi connectivity index (χ0) is 28.7. The van der Waals surface area contributed by atoms with Crippen molar-refractivity contribution in [3.05, 3.63) is 52.5 Å². The quantitative estimate of drug-likeness (QED) is 0.540. The lowest BCUT2D eigenvalue weighted by atomic mass is 10.0. The van der Waals surface area contributed by atoms with Crippen molar-refractivity contribution in [3.8, 4) is 5.75 Å². The molecule has 0 bridgehead atoms. The summed E-state index contributed by atoms with van der Waals surface area (Å²) in [4.78, 5) is 29.3. The van der Waals surface area contributed by atoms with Crippen LogP contribution in [0, 0.1) is 0 Å². The number of hydrogen-bond acceptors (Lipinski definition) is 7. The zero-order valence-electron chi connectivity index (χ0n) is 23.6. The number of nitrogens with zero attached hydrogens (tertiary/aromatic N) is 5. The molecule has 11 heteroatoms. The summed E-state index contributed by atoms with van der Waals surface area (Å²) < 4.78 is 46.7. The number of amides is 1. The Morgan fingerprint density at radius 2 is 1.78 bits per heavy atom. The molecule has 2 saturated heterocycles. The lowest BCUT2D eigenvalue weighted by Crippen LogP contribution is -2.52. The van der Waals surface area contributed by atoms with E-state index in [1.807, 2.05) is 11.0 Å². The maximum atomic E-state index is 13.7. The highest BCUT2D eigenvalue weighted by atomic mass is 19.4. The van der Waals surface area contributed by atoms with Crippen LogP contribution in [0.25, 0.3) is 5.57 Å². The van der Waals surface area contributed by atoms with Gasteiger partial charge in [0.1, 0.15) is 17.4 Å². The van der Waals surface area contributed by atoms with Gasteiger partial charge in [-0.25, -0.2) is 9.97 Å². The minimum absolute atomic E-state index is 0.0119. The van der Waals surface area contributed by atoms with E-state index in [9.17, 15) is 18.0 Å². The molecule has 2 aliphatic heterocycles. The number of carbonyl (C=O) groups excluding carboxylic acids is 1. The Labute approximate surface area is 238 Å². The highest BCUT2D eigenvalue weighted by Gasteiger charge is 2.41. The van der Waals surface area contributed by atoms with Crippen LogP contribution in [0.3, 0.4) is 0 Å². The van der Waals surface area contributed by atoms with Gasteiger partial charge in [-0.05, 0) is 44.9 Å². The SMILES string of the molecule is COc1cc(C(=O)N2CCC(N3CCN(C)CC3)CC2)ccc1Cc1nc2c(c(NC3CC3)n1)C(C(F)(F)F)=CC2. The molecule has 0 spiro atoms. The van der Waals surface area contributed by atoms with Gasteiger partial charge in [0.2, 0.25) is 0 Å². The number of ether oxygens (including phenoxy) is 1. The number of piperidine rings is 1. The van der Waals surface area contributed by atoms with E-state index in [4.69, 9.17) is 4.74 Å². The molecule has 3 heterocycles. The van der Waals surface area contributed by atoms with Gasteiger partial charge in [0.05, 0.1) is 23.9 Å². The van der Waals surface area contributed by atoms with E-state index < -0.39 is 11.7 Å². The summed E-state index contributed by atoms with van der Waals surface area (Å²) in [7, 11) is 3.71. The molecule has 8 nitrogen and oxygen atoms in total. The van der Waals surface area contributed by atoms with Crippen molar-refractivity contribution < 1.29 is 22.7 Å². The Balaban J connectivity index is 1.15. The van der Waals surface area contributed by atoms with Crippen molar-refractivity contribution in [3.63, 3.8) is 0 Å². The summed E-state index contributed by atoms with van der Waals surface area (Å²) in [6, 6.07) is 6.06. The Morgan fingerprint density at radius 1 is 1.05 bits per heavy atom. The van der Waals surface area contributed by atoms with Gasteiger partial charge in [0.25, 0.3) is 5.91 Å². The number of piperazine rings is 1. The minimum atomic E-state index is -4.46. The predicted molar refractivity (Wildman–Crippen MR) is 150 cm³/mol. The van der Waals surface area contributed by atoms with E-state index in [0.29, 0.717) is 28.9 Å². The molecule has 4 aliphatic rings. The lowest BCUT2D eigenvalue weighted by Gasteiger charge is -2.42. The van der Waals surface area contributed by atoms with Gasteiger partial charge in [-0.15, -0.1) is 0 Å². The second-order valence-corrected chi connectivity index (χ2v) is 11.6. The summed E-state index contributed by atoms with van der Waals surface area (Å²) in [5, 5.41) is 3.18. The molecule has 1 aromatic carbocycles. The van der Waals surface area contributed by atoms with E-state index in [2.05, 4.69) is 32.1 Å². The number of aromatic nitrogens is 2.